The molecule has 2 nitrogen and oxygen atoms in total. The Bertz CT molecular complexity index is 1090. The fourth-order valence-corrected chi connectivity index (χ4v) is 7.89. The molecular weight excluding hydrogens is 536 g/mol. The van der Waals surface area contributed by atoms with Gasteiger partial charge in [0.25, 0.3) is 0 Å². The summed E-state index contributed by atoms with van der Waals surface area (Å²) in [6.07, 6.45) is 0. The molecule has 0 bridgehead atoms. The third-order valence-electron chi connectivity index (χ3n) is 6.23. The number of hydrogen-bond acceptors (Lipinski definition) is 2. The largest absolute Gasteiger partial charge is 1.00 e. The zero-order valence-electron chi connectivity index (χ0n) is 19.2. The van der Waals surface area contributed by atoms with Gasteiger partial charge in [0.05, 0.1) is 13.3 Å². The molecular formula is C29H31INOP. The number of likely N-dealkylation sites (N-methyl/N-ethyl adjacent to an activating group) is 1. The summed E-state index contributed by atoms with van der Waals surface area (Å²) in [5.74, 6) is 0. The number of aliphatic hydroxyl groups is 1. The smallest absolute Gasteiger partial charge is 0.112 e. The van der Waals surface area contributed by atoms with Crippen molar-refractivity contribution in [3.63, 3.8) is 0 Å². The van der Waals surface area contributed by atoms with Gasteiger partial charge in [-0.05, 0) is 55.0 Å². The summed E-state index contributed by atoms with van der Waals surface area (Å²) in [5.41, 5.74) is 3.65. The monoisotopic (exact) mass is 567 g/mol. The van der Waals surface area contributed by atoms with Gasteiger partial charge in [-0.25, -0.2) is 0 Å². The number of rotatable bonds is 8. The summed E-state index contributed by atoms with van der Waals surface area (Å²) < 4.78 is 0. The Morgan fingerprint density at radius 2 is 1.21 bits per heavy atom. The van der Waals surface area contributed by atoms with Crippen LogP contribution in [0.2, 0.25) is 0 Å². The molecule has 0 atom stereocenters. The lowest BCUT2D eigenvalue weighted by Gasteiger charge is -2.26. The van der Waals surface area contributed by atoms with Crippen molar-refractivity contribution in [3.05, 3.63) is 109 Å². The Hall–Kier alpha value is -2.20. The highest BCUT2D eigenvalue weighted by Crippen LogP contribution is 2.53. The van der Waals surface area contributed by atoms with E-state index in [1.54, 1.807) is 0 Å². The average molecular weight is 567 g/mol. The fraction of sp³-hybridized carbons (Fsp3) is 0.172. The third kappa shape index (κ3) is 5.32. The second kappa shape index (κ2) is 11.8. The summed E-state index contributed by atoms with van der Waals surface area (Å²) >= 11 is 0. The molecule has 0 fully saturated rings. The molecule has 0 saturated carbocycles. The first kappa shape index (κ1) is 25.4. The topological polar surface area (TPSA) is 23.5 Å². The summed E-state index contributed by atoms with van der Waals surface area (Å²) in [7, 11) is -1.82. The maximum Gasteiger partial charge on any atom is 0.112 e. The van der Waals surface area contributed by atoms with Crippen LogP contribution in [-0.4, -0.2) is 31.5 Å². The van der Waals surface area contributed by atoms with Crippen molar-refractivity contribution in [1.29, 1.82) is 0 Å². The highest BCUT2D eigenvalue weighted by Gasteiger charge is 2.41. The molecule has 4 rings (SSSR count). The summed E-state index contributed by atoms with van der Waals surface area (Å²) in [5, 5.41) is 13.5. The van der Waals surface area contributed by atoms with Gasteiger partial charge in [-0.3, -0.25) is 0 Å². The maximum absolute atomic E-state index is 9.37. The Kier molecular flexibility index (Phi) is 9.08. The van der Waals surface area contributed by atoms with E-state index in [-0.39, 0.29) is 30.6 Å². The van der Waals surface area contributed by atoms with Gasteiger partial charge >= 0.3 is 0 Å². The Morgan fingerprint density at radius 1 is 0.697 bits per heavy atom. The third-order valence-corrected chi connectivity index (χ3v) is 10.2. The first-order valence-electron chi connectivity index (χ1n) is 11.2. The number of hydrogen-bond donors (Lipinski definition) is 1. The molecule has 4 aromatic rings. The van der Waals surface area contributed by atoms with Crippen molar-refractivity contribution in [2.75, 3.05) is 31.3 Å². The molecule has 0 aliphatic carbocycles. The van der Waals surface area contributed by atoms with Gasteiger partial charge in [-0.1, -0.05) is 66.7 Å². The van der Waals surface area contributed by atoms with Gasteiger partial charge in [0, 0.05) is 24.3 Å². The van der Waals surface area contributed by atoms with E-state index in [1.165, 1.54) is 27.0 Å². The molecule has 1 N–H and O–H groups in total. The predicted octanol–water partition coefficient (Wildman–Crippen LogP) is 2.10. The molecule has 0 heterocycles. The van der Waals surface area contributed by atoms with Crippen LogP contribution in [0.25, 0.3) is 11.1 Å². The first-order valence-corrected chi connectivity index (χ1v) is 13.5. The summed E-state index contributed by atoms with van der Waals surface area (Å²) in [4.78, 5) is 2.20. The van der Waals surface area contributed by atoms with E-state index in [0.717, 1.165) is 12.2 Å². The van der Waals surface area contributed by atoms with Crippen LogP contribution < -0.4 is 44.8 Å². The zero-order valence-corrected chi connectivity index (χ0v) is 22.3. The predicted molar refractivity (Wildman–Crippen MR) is 141 cm³/mol. The lowest BCUT2D eigenvalue weighted by atomic mass is 10.1. The molecule has 0 spiro atoms. The van der Waals surface area contributed by atoms with E-state index >= 15 is 0 Å². The van der Waals surface area contributed by atoms with Crippen molar-refractivity contribution < 1.29 is 29.1 Å². The van der Waals surface area contributed by atoms with Gasteiger partial charge < -0.3 is 34.0 Å². The molecule has 0 amide bonds. The van der Waals surface area contributed by atoms with E-state index in [9.17, 15) is 5.11 Å². The Labute approximate surface area is 215 Å². The average Bonchev–Trinajstić information content (AvgIpc) is 2.88. The normalized spacial score (nSPS) is 11.0. The van der Waals surface area contributed by atoms with Crippen molar-refractivity contribution in [3.8, 4) is 11.1 Å². The van der Waals surface area contributed by atoms with Crippen LogP contribution >= 0.6 is 7.26 Å². The van der Waals surface area contributed by atoms with E-state index in [4.69, 9.17) is 0 Å². The minimum atomic E-state index is -1.82. The summed E-state index contributed by atoms with van der Waals surface area (Å²) in [6, 6.07) is 39.5. The minimum absolute atomic E-state index is 0. The van der Waals surface area contributed by atoms with Crippen LogP contribution in [0.5, 0.6) is 0 Å². The zero-order chi connectivity index (χ0) is 22.4. The molecule has 0 radical (unpaired) electrons. The molecule has 4 heteroatoms. The second-order valence-corrected chi connectivity index (χ2v) is 11.6. The van der Waals surface area contributed by atoms with Gasteiger partial charge in [0.2, 0.25) is 0 Å². The molecule has 33 heavy (non-hydrogen) atoms. The van der Waals surface area contributed by atoms with Crippen molar-refractivity contribution >= 4 is 28.9 Å². The number of benzene rings is 4. The van der Waals surface area contributed by atoms with Gasteiger partial charge in [-0.15, -0.1) is 0 Å². The number of aliphatic hydroxyl groups excluding tert-OH is 1. The van der Waals surface area contributed by atoms with Crippen LogP contribution in [-0.2, 0) is 0 Å². The Balaban J connectivity index is 0.00000306. The SMILES string of the molecule is CCN(CCO)c1ccc(-c2ccccc2[P+](C)(c2ccccc2)c2ccccc2)cc1.[I-]. The number of halogens is 1. The van der Waals surface area contributed by atoms with E-state index in [2.05, 4.69) is 128 Å². The molecule has 170 valence electrons. The highest BCUT2D eigenvalue weighted by molar-refractivity contribution is 7.95. The summed E-state index contributed by atoms with van der Waals surface area (Å²) in [6.45, 7) is 6.25. The van der Waals surface area contributed by atoms with Crippen molar-refractivity contribution in [1.82, 2.24) is 0 Å². The fourth-order valence-electron chi connectivity index (χ4n) is 4.43. The molecule has 0 unspecified atom stereocenters. The molecule has 0 aliphatic rings. The van der Waals surface area contributed by atoms with Crippen LogP contribution in [0.1, 0.15) is 6.92 Å². The number of anilines is 1. The quantitative estimate of drug-likeness (QED) is 0.261. The van der Waals surface area contributed by atoms with Gasteiger partial charge in [0.1, 0.15) is 23.2 Å². The molecule has 4 aromatic carbocycles. The van der Waals surface area contributed by atoms with E-state index < -0.39 is 7.26 Å². The molecule has 0 aromatic heterocycles. The van der Waals surface area contributed by atoms with E-state index in [0.29, 0.717) is 6.54 Å². The van der Waals surface area contributed by atoms with Crippen molar-refractivity contribution in [2.24, 2.45) is 0 Å². The minimum Gasteiger partial charge on any atom is -1.00 e. The standard InChI is InChI=1S/C29H31NOP.HI/c1-3-30(22-23-31)25-20-18-24(19-21-25)28-16-10-11-17-29(28)32(2,26-12-6-4-7-13-26)27-14-8-5-9-15-27;/h4-21,31H,3,22-23H2,1-2H3;1H/q+1;/p-1. The molecule has 0 saturated heterocycles. The molecule has 0 aliphatic heterocycles. The van der Waals surface area contributed by atoms with Crippen LogP contribution in [0, 0.1) is 0 Å². The maximum atomic E-state index is 9.37. The highest BCUT2D eigenvalue weighted by atomic mass is 127. The van der Waals surface area contributed by atoms with Gasteiger partial charge in [-0.2, -0.15) is 0 Å². The van der Waals surface area contributed by atoms with Gasteiger partial charge in [0.15, 0.2) is 0 Å². The first-order chi connectivity index (χ1) is 15.7. The Morgan fingerprint density at radius 3 is 1.73 bits per heavy atom. The van der Waals surface area contributed by atoms with Crippen LogP contribution in [0.3, 0.4) is 0 Å². The van der Waals surface area contributed by atoms with Crippen LogP contribution in [0.15, 0.2) is 109 Å². The number of nitrogens with zero attached hydrogens (tertiary/aromatic N) is 1. The lowest BCUT2D eigenvalue weighted by Crippen LogP contribution is -3.00. The van der Waals surface area contributed by atoms with Crippen LogP contribution in [0.4, 0.5) is 5.69 Å². The van der Waals surface area contributed by atoms with Crippen molar-refractivity contribution in [2.45, 2.75) is 6.92 Å². The lowest BCUT2D eigenvalue weighted by molar-refractivity contribution is -0.00000737. The van der Waals surface area contributed by atoms with E-state index in [1.807, 2.05) is 0 Å². The second-order valence-electron chi connectivity index (χ2n) is 8.04.